The Morgan fingerprint density at radius 3 is 2.38 bits per heavy atom. The van der Waals surface area contributed by atoms with Crippen LogP contribution in [0.1, 0.15) is 25.3 Å². The van der Waals surface area contributed by atoms with E-state index in [1.165, 1.54) is 6.92 Å². The van der Waals surface area contributed by atoms with Crippen LogP contribution in [0.3, 0.4) is 0 Å². The maximum atomic E-state index is 13.7. The van der Waals surface area contributed by atoms with Gasteiger partial charge in [0.05, 0.1) is 12.1 Å². The third-order valence-electron chi connectivity index (χ3n) is 2.96. The van der Waals surface area contributed by atoms with E-state index >= 15 is 0 Å². The van der Waals surface area contributed by atoms with Crippen LogP contribution in [-0.2, 0) is 4.74 Å². The second kappa shape index (κ2) is 5.98. The first-order valence-corrected chi connectivity index (χ1v) is 6.23. The maximum Gasteiger partial charge on any atom is 0.225 e. The molecule has 2 N–H and O–H groups in total. The fraction of sp³-hybridized carbons (Fsp3) is 0.462. The van der Waals surface area contributed by atoms with E-state index in [0.29, 0.717) is 0 Å². The van der Waals surface area contributed by atoms with E-state index < -0.39 is 53.2 Å². The SMILES string of the molecule is CC(O)CC1CC(O)OC(c2c(F)c(F)cc(F)c2F)=N1. The quantitative estimate of drug-likeness (QED) is 0.662. The number of hydrogen-bond donors (Lipinski definition) is 2. The van der Waals surface area contributed by atoms with Crippen LogP contribution in [0, 0.1) is 23.3 Å². The molecule has 4 nitrogen and oxygen atoms in total. The maximum absolute atomic E-state index is 13.7. The number of hydrogen-bond acceptors (Lipinski definition) is 4. The van der Waals surface area contributed by atoms with Gasteiger partial charge in [0.25, 0.3) is 0 Å². The average Bonchev–Trinajstić information content (AvgIpc) is 2.35. The lowest BCUT2D eigenvalue weighted by Gasteiger charge is -2.26. The topological polar surface area (TPSA) is 62.0 Å². The summed E-state index contributed by atoms with van der Waals surface area (Å²) in [5.74, 6) is -7.23. The van der Waals surface area contributed by atoms with E-state index in [0.717, 1.165) is 0 Å². The minimum atomic E-state index is -1.66. The van der Waals surface area contributed by atoms with Crippen LogP contribution >= 0.6 is 0 Å². The zero-order chi connectivity index (χ0) is 15.7. The lowest BCUT2D eigenvalue weighted by Crippen LogP contribution is -2.32. The molecule has 1 aromatic rings. The molecule has 0 fully saturated rings. The van der Waals surface area contributed by atoms with Crippen molar-refractivity contribution in [2.75, 3.05) is 0 Å². The van der Waals surface area contributed by atoms with E-state index in [1.807, 2.05) is 0 Å². The van der Waals surface area contributed by atoms with Crippen molar-refractivity contribution in [3.05, 3.63) is 34.9 Å². The van der Waals surface area contributed by atoms with Crippen LogP contribution in [0.15, 0.2) is 11.1 Å². The van der Waals surface area contributed by atoms with E-state index in [4.69, 9.17) is 4.74 Å². The molecule has 1 aromatic carbocycles. The Bertz CT molecular complexity index is 551. The normalized spacial score (nSPS) is 23.5. The van der Waals surface area contributed by atoms with Crippen LogP contribution in [0.2, 0.25) is 0 Å². The molecule has 21 heavy (non-hydrogen) atoms. The van der Waals surface area contributed by atoms with Gasteiger partial charge < -0.3 is 14.9 Å². The Labute approximate surface area is 117 Å². The highest BCUT2D eigenvalue weighted by atomic mass is 19.2. The molecule has 1 aliphatic rings. The predicted molar refractivity (Wildman–Crippen MR) is 64.6 cm³/mol. The smallest absolute Gasteiger partial charge is 0.225 e. The van der Waals surface area contributed by atoms with Crippen LogP contribution in [0.4, 0.5) is 17.6 Å². The molecule has 1 heterocycles. The van der Waals surface area contributed by atoms with Crippen LogP contribution in [0.5, 0.6) is 0 Å². The van der Waals surface area contributed by atoms with Crippen molar-refractivity contribution < 1.29 is 32.5 Å². The van der Waals surface area contributed by atoms with Crippen LogP contribution in [-0.4, -0.2) is 34.5 Å². The summed E-state index contributed by atoms with van der Waals surface area (Å²) in [6, 6.07) is -0.616. The predicted octanol–water partition coefficient (Wildman–Crippen LogP) is 1.87. The minimum absolute atomic E-state index is 0.00453. The third kappa shape index (κ3) is 3.33. The van der Waals surface area contributed by atoms with Gasteiger partial charge in [-0.25, -0.2) is 22.6 Å². The van der Waals surface area contributed by atoms with Gasteiger partial charge in [0.2, 0.25) is 12.2 Å². The van der Waals surface area contributed by atoms with Gasteiger partial charge >= 0.3 is 0 Å². The van der Waals surface area contributed by atoms with Crippen molar-refractivity contribution in [2.45, 2.75) is 38.2 Å². The number of ether oxygens (including phenoxy) is 1. The molecule has 0 radical (unpaired) electrons. The number of aliphatic hydroxyl groups is 2. The van der Waals surface area contributed by atoms with Crippen molar-refractivity contribution in [1.82, 2.24) is 0 Å². The molecule has 0 saturated carbocycles. The summed E-state index contributed by atoms with van der Waals surface area (Å²) in [5.41, 5.74) is -1.11. The first-order chi connectivity index (χ1) is 9.79. The molecule has 2 rings (SSSR count). The molecule has 3 atom stereocenters. The summed E-state index contributed by atoms with van der Waals surface area (Å²) in [5, 5.41) is 18.8. The molecule has 0 spiro atoms. The fourth-order valence-electron chi connectivity index (χ4n) is 2.09. The lowest BCUT2D eigenvalue weighted by molar-refractivity contribution is -0.0492. The Balaban J connectivity index is 2.47. The van der Waals surface area contributed by atoms with Crippen molar-refractivity contribution in [2.24, 2.45) is 4.99 Å². The summed E-state index contributed by atoms with van der Waals surface area (Å²) < 4.78 is 58.5. The van der Waals surface area contributed by atoms with Crippen molar-refractivity contribution >= 4 is 5.90 Å². The largest absolute Gasteiger partial charge is 0.448 e. The van der Waals surface area contributed by atoms with E-state index in [1.54, 1.807) is 0 Å². The molecule has 0 saturated heterocycles. The molecule has 116 valence electrons. The number of aliphatic imine (C=N–C) groups is 1. The van der Waals surface area contributed by atoms with Gasteiger partial charge in [0, 0.05) is 12.5 Å². The van der Waals surface area contributed by atoms with E-state index in [2.05, 4.69) is 4.99 Å². The monoisotopic (exact) mass is 307 g/mol. The lowest BCUT2D eigenvalue weighted by atomic mass is 10.1. The van der Waals surface area contributed by atoms with Gasteiger partial charge in [0.15, 0.2) is 23.3 Å². The average molecular weight is 307 g/mol. The first-order valence-electron chi connectivity index (χ1n) is 6.23. The van der Waals surface area contributed by atoms with Crippen molar-refractivity contribution in [3.63, 3.8) is 0 Å². The number of rotatable bonds is 3. The fourth-order valence-corrected chi connectivity index (χ4v) is 2.09. The molecule has 1 aliphatic heterocycles. The molecule has 0 aromatic heterocycles. The minimum Gasteiger partial charge on any atom is -0.448 e. The summed E-state index contributed by atoms with van der Waals surface area (Å²) in [6.07, 6.45) is -2.11. The number of halogens is 4. The molecular weight excluding hydrogens is 294 g/mol. The van der Waals surface area contributed by atoms with Gasteiger partial charge in [0.1, 0.15) is 5.56 Å². The molecule has 3 unspecified atom stereocenters. The number of nitrogens with zero attached hydrogens (tertiary/aromatic N) is 1. The Morgan fingerprint density at radius 2 is 1.86 bits per heavy atom. The first kappa shape index (κ1) is 15.7. The zero-order valence-electron chi connectivity index (χ0n) is 11.0. The summed E-state index contributed by atoms with van der Waals surface area (Å²) in [4.78, 5) is 3.81. The van der Waals surface area contributed by atoms with Crippen LogP contribution in [0.25, 0.3) is 0 Å². The zero-order valence-corrected chi connectivity index (χ0v) is 11.0. The molecule has 0 aliphatic carbocycles. The summed E-state index contributed by atoms with van der Waals surface area (Å²) >= 11 is 0. The van der Waals surface area contributed by atoms with E-state index in [9.17, 15) is 27.8 Å². The third-order valence-corrected chi connectivity index (χ3v) is 2.96. The molecule has 0 amide bonds. The van der Waals surface area contributed by atoms with E-state index in [-0.39, 0.29) is 18.9 Å². The highest BCUT2D eigenvalue weighted by Gasteiger charge is 2.31. The van der Waals surface area contributed by atoms with Crippen LogP contribution < -0.4 is 0 Å². The highest BCUT2D eigenvalue weighted by Crippen LogP contribution is 2.25. The Kier molecular flexibility index (Phi) is 4.48. The second-order valence-electron chi connectivity index (χ2n) is 4.82. The highest BCUT2D eigenvalue weighted by molar-refractivity contribution is 5.95. The van der Waals surface area contributed by atoms with Gasteiger partial charge in [-0.1, -0.05) is 0 Å². The van der Waals surface area contributed by atoms with Gasteiger partial charge in [-0.3, -0.25) is 0 Å². The van der Waals surface area contributed by atoms with Gasteiger partial charge in [-0.05, 0) is 13.3 Å². The van der Waals surface area contributed by atoms with Crippen molar-refractivity contribution in [1.29, 1.82) is 0 Å². The Morgan fingerprint density at radius 1 is 1.29 bits per heavy atom. The number of aliphatic hydroxyl groups excluding tert-OH is 2. The summed E-state index contributed by atoms with van der Waals surface area (Å²) in [6.45, 7) is 1.47. The van der Waals surface area contributed by atoms with Gasteiger partial charge in [-0.2, -0.15) is 0 Å². The number of benzene rings is 1. The standard InChI is InChI=1S/C13H13F4NO3/c1-5(19)2-6-3-9(20)21-13(18-6)10-11(16)7(14)4-8(15)12(10)17/h4-6,9,19-20H,2-3H2,1H3. The molecule has 0 bridgehead atoms. The van der Waals surface area contributed by atoms with Crippen molar-refractivity contribution in [3.8, 4) is 0 Å². The summed E-state index contributed by atoms with van der Waals surface area (Å²) in [7, 11) is 0. The Hall–Kier alpha value is -1.67. The molecular formula is C13H13F4NO3. The van der Waals surface area contributed by atoms with Gasteiger partial charge in [-0.15, -0.1) is 0 Å². The molecule has 8 heteroatoms. The second-order valence-corrected chi connectivity index (χ2v) is 4.82.